The van der Waals surface area contributed by atoms with Crippen LogP contribution in [0, 0.1) is 11.8 Å². The molecule has 5 amide bonds. The van der Waals surface area contributed by atoms with Crippen LogP contribution >= 0.6 is 0 Å². The van der Waals surface area contributed by atoms with Crippen LogP contribution < -0.4 is 26.6 Å². The monoisotopic (exact) mass is 725 g/mol. The maximum absolute atomic E-state index is 13.7. The van der Waals surface area contributed by atoms with Crippen molar-refractivity contribution < 1.29 is 38.9 Å². The normalized spacial score (nSPS) is 15.6. The molecule has 0 aliphatic heterocycles. The third-order valence-electron chi connectivity index (χ3n) is 8.33. The van der Waals surface area contributed by atoms with E-state index in [-0.39, 0.29) is 18.3 Å². The number of carbonyl (C=O) groups excluding carboxylic acids is 5. The fourth-order valence-electron chi connectivity index (χ4n) is 5.39. The molecule has 13 nitrogen and oxygen atoms in total. The molecule has 13 heteroatoms. The Morgan fingerprint density at radius 1 is 0.615 bits per heavy atom. The van der Waals surface area contributed by atoms with Crippen LogP contribution in [-0.2, 0) is 36.8 Å². The predicted octanol–water partition coefficient (Wildman–Crippen LogP) is 2.77. The molecule has 0 unspecified atom stereocenters. The van der Waals surface area contributed by atoms with Crippen LogP contribution in [0.3, 0.4) is 0 Å². The maximum atomic E-state index is 13.7. The van der Waals surface area contributed by atoms with E-state index in [0.29, 0.717) is 6.42 Å². The Morgan fingerprint density at radius 2 is 1.06 bits per heavy atom. The second kappa shape index (κ2) is 20.5. The van der Waals surface area contributed by atoms with Gasteiger partial charge in [0.2, 0.25) is 23.6 Å². The highest BCUT2D eigenvalue weighted by Crippen LogP contribution is 2.14. The largest absolute Gasteiger partial charge is 0.444 e. The summed E-state index contributed by atoms with van der Waals surface area (Å²) in [6.45, 7) is 15.2. The molecule has 7 atom stereocenters. The Bertz CT molecular complexity index is 1450. The second-order valence-electron chi connectivity index (χ2n) is 15.0. The summed E-state index contributed by atoms with van der Waals surface area (Å²) in [6.07, 6.45) is -2.87. The van der Waals surface area contributed by atoms with E-state index in [1.165, 1.54) is 6.92 Å². The van der Waals surface area contributed by atoms with E-state index in [9.17, 15) is 34.2 Å². The molecule has 7 N–H and O–H groups in total. The zero-order valence-corrected chi connectivity index (χ0v) is 31.9. The number of aliphatic hydroxyl groups excluding tert-OH is 2. The van der Waals surface area contributed by atoms with Gasteiger partial charge >= 0.3 is 6.09 Å². The van der Waals surface area contributed by atoms with Crippen molar-refractivity contribution in [1.82, 2.24) is 26.6 Å². The fraction of sp³-hybridized carbons (Fsp3) is 0.564. The van der Waals surface area contributed by atoms with E-state index >= 15 is 0 Å². The van der Waals surface area contributed by atoms with Crippen molar-refractivity contribution in [3.8, 4) is 0 Å². The minimum absolute atomic E-state index is 0.167. The summed E-state index contributed by atoms with van der Waals surface area (Å²) in [5.41, 5.74) is 0.938. The molecule has 0 fully saturated rings. The summed E-state index contributed by atoms with van der Waals surface area (Å²) in [5, 5.41) is 35.2. The van der Waals surface area contributed by atoms with Crippen LogP contribution in [0.25, 0.3) is 0 Å². The number of ether oxygens (including phenoxy) is 1. The zero-order chi connectivity index (χ0) is 39.2. The zero-order valence-electron chi connectivity index (χ0n) is 31.9. The molecule has 0 spiro atoms. The maximum Gasteiger partial charge on any atom is 0.408 e. The van der Waals surface area contributed by atoms with Gasteiger partial charge in [0, 0.05) is 0 Å². The highest BCUT2D eigenvalue weighted by Gasteiger charge is 2.34. The smallest absolute Gasteiger partial charge is 0.408 e. The first-order chi connectivity index (χ1) is 24.3. The van der Waals surface area contributed by atoms with E-state index in [1.807, 2.05) is 60.7 Å². The first-order valence-electron chi connectivity index (χ1n) is 17.9. The van der Waals surface area contributed by atoms with Gasteiger partial charge in [0.15, 0.2) is 0 Å². The molecule has 2 aromatic rings. The van der Waals surface area contributed by atoms with Crippen molar-refractivity contribution in [2.75, 3.05) is 0 Å². The van der Waals surface area contributed by atoms with Gasteiger partial charge in [0.05, 0.1) is 30.7 Å². The van der Waals surface area contributed by atoms with E-state index in [4.69, 9.17) is 4.74 Å². The van der Waals surface area contributed by atoms with Gasteiger partial charge in [-0.2, -0.15) is 0 Å². The Morgan fingerprint density at radius 3 is 1.52 bits per heavy atom. The summed E-state index contributed by atoms with van der Waals surface area (Å²) in [6, 6.07) is 13.9. The lowest BCUT2D eigenvalue weighted by Gasteiger charge is -2.30. The summed E-state index contributed by atoms with van der Waals surface area (Å²) in [5.74, 6) is -3.01. The number of hydrogen-bond acceptors (Lipinski definition) is 8. The van der Waals surface area contributed by atoms with Gasteiger partial charge in [-0.1, -0.05) is 88.4 Å². The molecule has 0 aromatic heterocycles. The van der Waals surface area contributed by atoms with Crippen LogP contribution in [0.1, 0.15) is 79.9 Å². The molecule has 0 heterocycles. The van der Waals surface area contributed by atoms with Gasteiger partial charge in [-0.05, 0) is 70.4 Å². The summed E-state index contributed by atoms with van der Waals surface area (Å²) < 4.78 is 5.32. The van der Waals surface area contributed by atoms with E-state index in [0.717, 1.165) is 11.1 Å². The van der Waals surface area contributed by atoms with Crippen molar-refractivity contribution >= 4 is 29.7 Å². The summed E-state index contributed by atoms with van der Waals surface area (Å²) >= 11 is 0. The van der Waals surface area contributed by atoms with Crippen molar-refractivity contribution in [3.05, 3.63) is 71.8 Å². The van der Waals surface area contributed by atoms with Gasteiger partial charge in [-0.25, -0.2) is 4.79 Å². The number of aliphatic hydroxyl groups is 2. The quantitative estimate of drug-likeness (QED) is 0.122. The Hall–Kier alpha value is -4.49. The third-order valence-corrected chi connectivity index (χ3v) is 8.33. The molecule has 52 heavy (non-hydrogen) atoms. The van der Waals surface area contributed by atoms with Gasteiger partial charge in [-0.15, -0.1) is 0 Å². The first-order valence-corrected chi connectivity index (χ1v) is 17.9. The minimum atomic E-state index is -1.37. The Kier molecular flexibility index (Phi) is 17.2. The van der Waals surface area contributed by atoms with Crippen LogP contribution in [0.2, 0.25) is 0 Å². The fourth-order valence-corrected chi connectivity index (χ4v) is 5.39. The Balaban J connectivity index is 2.15. The second-order valence-corrected chi connectivity index (χ2v) is 15.0. The molecule has 0 aliphatic carbocycles. The lowest BCUT2D eigenvalue weighted by molar-refractivity contribution is -0.133. The highest BCUT2D eigenvalue weighted by atomic mass is 16.6. The predicted molar refractivity (Wildman–Crippen MR) is 199 cm³/mol. The lowest BCUT2D eigenvalue weighted by atomic mass is 9.96. The van der Waals surface area contributed by atoms with Crippen molar-refractivity contribution in [3.63, 3.8) is 0 Å². The number of nitrogens with one attached hydrogen (secondary N) is 5. The number of hydrogen-bond donors (Lipinski definition) is 7. The van der Waals surface area contributed by atoms with Crippen LogP contribution in [0.5, 0.6) is 0 Å². The number of benzene rings is 2. The van der Waals surface area contributed by atoms with Crippen LogP contribution in [0.15, 0.2) is 60.7 Å². The van der Waals surface area contributed by atoms with Gasteiger partial charge in [0.1, 0.15) is 23.7 Å². The molecule has 0 saturated carbocycles. The van der Waals surface area contributed by atoms with Crippen molar-refractivity contribution in [2.45, 2.75) is 130 Å². The molecule has 0 aliphatic rings. The first kappa shape index (κ1) is 43.7. The highest BCUT2D eigenvalue weighted by molar-refractivity contribution is 5.92. The van der Waals surface area contributed by atoms with Crippen molar-refractivity contribution in [1.29, 1.82) is 0 Å². The minimum Gasteiger partial charge on any atom is -0.444 e. The lowest BCUT2D eigenvalue weighted by Crippen LogP contribution is -2.59. The van der Waals surface area contributed by atoms with Crippen molar-refractivity contribution in [2.24, 2.45) is 11.8 Å². The summed E-state index contributed by atoms with van der Waals surface area (Å²) in [7, 11) is 0. The van der Waals surface area contributed by atoms with Crippen LogP contribution in [-0.4, -0.2) is 88.0 Å². The van der Waals surface area contributed by atoms with E-state index < -0.39 is 84.2 Å². The van der Waals surface area contributed by atoms with E-state index in [2.05, 4.69) is 26.6 Å². The molecule has 0 bridgehead atoms. The molecule has 0 saturated heterocycles. The summed E-state index contributed by atoms with van der Waals surface area (Å²) in [4.78, 5) is 65.7. The van der Waals surface area contributed by atoms with Gasteiger partial charge in [0.25, 0.3) is 0 Å². The molecular formula is C39H59N5O8. The molecule has 2 rings (SSSR count). The standard InChI is InChI=1S/C39H59N5O8/c1-23(2)33(43-37(50)34(24(3)4)44-38(51)52-39(7,8)9)36(49)42-30(21-28-18-14-11-15-19-28)31(46)22-32(47)40-25(5)35(48)41-29(26(6)45)20-27-16-12-10-13-17-27/h10-19,23-26,29-31,33-34,45-46H,20-22H2,1-9H3,(H,40,47)(H,41,48)(H,42,49)(H,43,50)(H,44,51)/t25-,26-,29-,30-,31-,33-,34-/m0/s1. The van der Waals surface area contributed by atoms with Gasteiger partial charge < -0.3 is 41.5 Å². The third kappa shape index (κ3) is 15.4. The van der Waals surface area contributed by atoms with E-state index in [1.54, 1.807) is 55.4 Å². The topological polar surface area (TPSA) is 195 Å². The molecule has 288 valence electrons. The average molecular weight is 726 g/mol. The number of alkyl carbamates (subject to hydrolysis) is 1. The SMILES string of the molecule is CC(C)[C@H](NC(=O)OC(C)(C)C)C(=O)N[C@H](C(=O)N[C@@H](Cc1ccccc1)[C@@H](O)CC(=O)N[C@@H](C)C(=O)N[C@@H](Cc1ccccc1)[C@H](C)O)C(C)C. The molecule has 0 radical (unpaired) electrons. The average Bonchev–Trinajstić information content (AvgIpc) is 3.04. The van der Waals surface area contributed by atoms with Gasteiger partial charge in [-0.3, -0.25) is 19.2 Å². The number of amides is 5. The Labute approximate surface area is 308 Å². The molecule has 2 aromatic carbocycles. The number of carbonyl (C=O) groups is 5. The molecular weight excluding hydrogens is 666 g/mol. The number of rotatable bonds is 18. The van der Waals surface area contributed by atoms with Crippen LogP contribution in [0.4, 0.5) is 4.79 Å².